The summed E-state index contributed by atoms with van der Waals surface area (Å²) in [4.78, 5) is 22.9. The number of benzene rings is 1. The lowest BCUT2D eigenvalue weighted by Crippen LogP contribution is -2.39. The molecule has 2 N–H and O–H groups in total. The van der Waals surface area contributed by atoms with Gasteiger partial charge in [-0.2, -0.15) is 0 Å². The first-order chi connectivity index (χ1) is 9.74. The highest BCUT2D eigenvalue weighted by Gasteiger charge is 2.27. The van der Waals surface area contributed by atoms with Crippen molar-refractivity contribution in [2.75, 3.05) is 6.54 Å². The Labute approximate surface area is 132 Å². The molecule has 0 fully saturated rings. The van der Waals surface area contributed by atoms with Gasteiger partial charge in [0.2, 0.25) is 0 Å². The number of carboxylic acid groups (broad SMARTS) is 1. The van der Waals surface area contributed by atoms with Crippen molar-refractivity contribution in [2.45, 2.75) is 33.3 Å². The number of hydrogen-bond acceptors (Lipinski definition) is 3. The van der Waals surface area contributed by atoms with Gasteiger partial charge < -0.3 is 15.2 Å². The molecular formula is C15H20BrNO4. The molecule has 1 aromatic carbocycles. The van der Waals surface area contributed by atoms with Crippen LogP contribution in [0.2, 0.25) is 0 Å². The summed E-state index contributed by atoms with van der Waals surface area (Å²) in [7, 11) is 0. The Morgan fingerprint density at radius 1 is 1.38 bits per heavy atom. The van der Waals surface area contributed by atoms with Gasteiger partial charge in [0.15, 0.2) is 6.10 Å². The Balaban J connectivity index is 2.46. The molecule has 0 aliphatic rings. The van der Waals surface area contributed by atoms with E-state index in [0.717, 1.165) is 4.47 Å². The molecule has 0 aliphatic carbocycles. The molecule has 1 aromatic rings. The maximum atomic E-state index is 11.9. The van der Waals surface area contributed by atoms with Crippen LogP contribution in [0.15, 0.2) is 28.7 Å². The fraction of sp³-hybridized carbons (Fsp3) is 0.467. The Bertz CT molecular complexity index is 516. The van der Waals surface area contributed by atoms with E-state index < -0.39 is 17.5 Å². The first kappa shape index (κ1) is 17.5. The third kappa shape index (κ3) is 5.38. The van der Waals surface area contributed by atoms with Crippen LogP contribution in [-0.4, -0.2) is 29.6 Å². The largest absolute Gasteiger partial charge is 0.481 e. The molecule has 0 aliphatic heterocycles. The Morgan fingerprint density at radius 2 is 2.00 bits per heavy atom. The zero-order valence-electron chi connectivity index (χ0n) is 12.4. The van der Waals surface area contributed by atoms with E-state index in [1.807, 2.05) is 18.2 Å². The van der Waals surface area contributed by atoms with Crippen molar-refractivity contribution in [3.63, 3.8) is 0 Å². The summed E-state index contributed by atoms with van der Waals surface area (Å²) in [5.41, 5.74) is -0.861. The molecule has 0 saturated heterocycles. The monoisotopic (exact) mass is 357 g/mol. The lowest BCUT2D eigenvalue weighted by molar-refractivity contribution is -0.147. The number of carbonyl (C=O) groups is 2. The van der Waals surface area contributed by atoms with Crippen LogP contribution in [0.1, 0.15) is 27.2 Å². The standard InChI is InChI=1S/C15H20BrNO4/c1-10(21-12-7-5-4-6-11(12)16)13(18)17-9-8-15(2,3)14(19)20/h4-7,10H,8-9H2,1-3H3,(H,17,18)(H,19,20). The molecule has 21 heavy (non-hydrogen) atoms. The minimum Gasteiger partial charge on any atom is -0.481 e. The first-order valence-corrected chi connectivity index (χ1v) is 7.45. The molecular weight excluding hydrogens is 338 g/mol. The Morgan fingerprint density at radius 3 is 2.57 bits per heavy atom. The predicted octanol–water partition coefficient (Wildman–Crippen LogP) is 2.83. The van der Waals surface area contributed by atoms with Crippen LogP contribution in [0, 0.1) is 5.41 Å². The average Bonchev–Trinajstić information content (AvgIpc) is 2.40. The van der Waals surface area contributed by atoms with Crippen molar-refractivity contribution in [1.82, 2.24) is 5.32 Å². The molecule has 6 heteroatoms. The quantitative estimate of drug-likeness (QED) is 0.786. The van der Waals surface area contributed by atoms with Crippen LogP contribution < -0.4 is 10.1 Å². The summed E-state index contributed by atoms with van der Waals surface area (Å²) in [5, 5.41) is 11.7. The zero-order valence-corrected chi connectivity index (χ0v) is 13.9. The predicted molar refractivity (Wildman–Crippen MR) is 83.3 cm³/mol. The molecule has 0 bridgehead atoms. The molecule has 1 rings (SSSR count). The van der Waals surface area contributed by atoms with Gasteiger partial charge >= 0.3 is 5.97 Å². The lowest BCUT2D eigenvalue weighted by atomic mass is 9.90. The van der Waals surface area contributed by atoms with Crippen molar-refractivity contribution < 1.29 is 19.4 Å². The molecule has 0 aromatic heterocycles. The number of amides is 1. The molecule has 0 spiro atoms. The maximum absolute atomic E-state index is 11.9. The number of carboxylic acids is 1. The van der Waals surface area contributed by atoms with Gasteiger partial charge in [0, 0.05) is 6.54 Å². The second kappa shape index (κ2) is 7.45. The normalized spacial score (nSPS) is 12.6. The second-order valence-corrected chi connectivity index (χ2v) is 6.27. The number of ether oxygens (including phenoxy) is 1. The van der Waals surface area contributed by atoms with Crippen LogP contribution in [-0.2, 0) is 9.59 Å². The van der Waals surface area contributed by atoms with E-state index in [-0.39, 0.29) is 5.91 Å². The molecule has 5 nitrogen and oxygen atoms in total. The molecule has 116 valence electrons. The van der Waals surface area contributed by atoms with Gasteiger partial charge in [0.05, 0.1) is 9.89 Å². The number of halogens is 1. The van der Waals surface area contributed by atoms with E-state index in [0.29, 0.717) is 18.7 Å². The minimum absolute atomic E-state index is 0.271. The van der Waals surface area contributed by atoms with Gasteiger partial charge in [-0.1, -0.05) is 12.1 Å². The smallest absolute Gasteiger partial charge is 0.309 e. The summed E-state index contributed by atoms with van der Waals surface area (Å²) < 4.78 is 6.34. The molecule has 0 saturated carbocycles. The van der Waals surface area contributed by atoms with Crippen LogP contribution in [0.4, 0.5) is 0 Å². The highest BCUT2D eigenvalue weighted by molar-refractivity contribution is 9.10. The molecule has 1 unspecified atom stereocenters. The van der Waals surface area contributed by atoms with Crippen molar-refractivity contribution in [3.8, 4) is 5.75 Å². The lowest BCUT2D eigenvalue weighted by Gasteiger charge is -2.20. The number of nitrogens with one attached hydrogen (secondary N) is 1. The third-order valence-corrected chi connectivity index (χ3v) is 3.79. The van der Waals surface area contributed by atoms with Gasteiger partial charge in [-0.25, -0.2) is 0 Å². The van der Waals surface area contributed by atoms with Crippen LogP contribution in [0.25, 0.3) is 0 Å². The Hall–Kier alpha value is -1.56. The summed E-state index contributed by atoms with van der Waals surface area (Å²) in [5.74, 6) is -0.563. The van der Waals surface area contributed by atoms with Crippen LogP contribution >= 0.6 is 15.9 Å². The van der Waals surface area contributed by atoms with Crippen molar-refractivity contribution in [1.29, 1.82) is 0 Å². The number of carbonyl (C=O) groups excluding carboxylic acids is 1. The maximum Gasteiger partial charge on any atom is 0.309 e. The van der Waals surface area contributed by atoms with E-state index in [9.17, 15) is 9.59 Å². The van der Waals surface area contributed by atoms with Crippen molar-refractivity contribution >= 4 is 27.8 Å². The second-order valence-electron chi connectivity index (χ2n) is 5.42. The van der Waals surface area contributed by atoms with Crippen LogP contribution in [0.3, 0.4) is 0 Å². The summed E-state index contributed by atoms with van der Waals surface area (Å²) >= 11 is 3.35. The summed E-state index contributed by atoms with van der Waals surface area (Å²) in [6.07, 6.45) is -0.299. The van der Waals surface area contributed by atoms with E-state index in [1.54, 1.807) is 26.8 Å². The van der Waals surface area contributed by atoms with E-state index in [4.69, 9.17) is 9.84 Å². The molecule has 0 radical (unpaired) electrons. The van der Waals surface area contributed by atoms with Gasteiger partial charge in [0.1, 0.15) is 5.75 Å². The minimum atomic E-state index is -0.880. The summed E-state index contributed by atoms with van der Waals surface area (Å²) in [6, 6.07) is 7.27. The van der Waals surface area contributed by atoms with E-state index >= 15 is 0 Å². The van der Waals surface area contributed by atoms with E-state index in [2.05, 4.69) is 21.2 Å². The van der Waals surface area contributed by atoms with Gasteiger partial charge in [0.25, 0.3) is 5.91 Å². The molecule has 1 atom stereocenters. The number of para-hydroxylation sites is 1. The SMILES string of the molecule is CC(Oc1ccccc1Br)C(=O)NCCC(C)(C)C(=O)O. The van der Waals surface area contributed by atoms with Crippen molar-refractivity contribution in [3.05, 3.63) is 28.7 Å². The number of aliphatic carboxylic acids is 1. The molecule has 0 heterocycles. The fourth-order valence-electron chi connectivity index (χ4n) is 1.53. The van der Waals surface area contributed by atoms with Crippen molar-refractivity contribution in [2.24, 2.45) is 5.41 Å². The van der Waals surface area contributed by atoms with Gasteiger partial charge in [-0.3, -0.25) is 9.59 Å². The highest BCUT2D eigenvalue weighted by Crippen LogP contribution is 2.25. The number of hydrogen-bond donors (Lipinski definition) is 2. The van der Waals surface area contributed by atoms with Crippen LogP contribution in [0.5, 0.6) is 5.75 Å². The molecule has 1 amide bonds. The third-order valence-electron chi connectivity index (χ3n) is 3.14. The van der Waals surface area contributed by atoms with Gasteiger partial charge in [-0.05, 0) is 55.3 Å². The summed E-state index contributed by atoms with van der Waals surface area (Å²) in [6.45, 7) is 5.20. The topological polar surface area (TPSA) is 75.6 Å². The van der Waals surface area contributed by atoms with E-state index in [1.165, 1.54) is 0 Å². The fourth-order valence-corrected chi connectivity index (χ4v) is 1.91. The zero-order chi connectivity index (χ0) is 16.0. The average molecular weight is 358 g/mol. The highest BCUT2D eigenvalue weighted by atomic mass is 79.9. The number of rotatable bonds is 7. The Kier molecular flexibility index (Phi) is 6.20. The first-order valence-electron chi connectivity index (χ1n) is 6.66. The van der Waals surface area contributed by atoms with Gasteiger partial charge in [-0.15, -0.1) is 0 Å².